The number of imide groups is 1. The van der Waals surface area contributed by atoms with Gasteiger partial charge < -0.3 is 5.32 Å². The van der Waals surface area contributed by atoms with E-state index in [0.29, 0.717) is 12.1 Å². The standard InChI is InChI=1S/C13H13F3N2O2/c14-7-5-9(15)11(10(16)6-7)12(19)18-13(20)17-8-3-1-2-4-8/h5-6,8H,1-4H2,(H2,17,18,19,20). The molecule has 2 N–H and O–H groups in total. The molecule has 1 aromatic carbocycles. The number of halogens is 3. The average Bonchev–Trinajstić information content (AvgIpc) is 2.79. The number of rotatable bonds is 2. The van der Waals surface area contributed by atoms with Crippen LogP contribution in [-0.4, -0.2) is 18.0 Å². The first kappa shape index (κ1) is 14.4. The Bertz CT molecular complexity index is 519. The van der Waals surface area contributed by atoms with Crippen molar-refractivity contribution in [3.8, 4) is 0 Å². The molecule has 0 aromatic heterocycles. The van der Waals surface area contributed by atoms with Gasteiger partial charge in [0.2, 0.25) is 0 Å². The first-order valence-electron chi connectivity index (χ1n) is 6.24. The lowest BCUT2D eigenvalue weighted by molar-refractivity contribution is 0.0955. The molecule has 1 aromatic rings. The van der Waals surface area contributed by atoms with Crippen LogP contribution in [-0.2, 0) is 0 Å². The molecule has 4 nitrogen and oxygen atoms in total. The van der Waals surface area contributed by atoms with Crippen molar-refractivity contribution in [2.24, 2.45) is 0 Å². The summed E-state index contributed by atoms with van der Waals surface area (Å²) in [5.41, 5.74) is -0.979. The first-order valence-corrected chi connectivity index (χ1v) is 6.24. The number of carbonyl (C=O) groups is 2. The summed E-state index contributed by atoms with van der Waals surface area (Å²) < 4.78 is 39.4. The smallest absolute Gasteiger partial charge is 0.321 e. The topological polar surface area (TPSA) is 58.2 Å². The van der Waals surface area contributed by atoms with Crippen LogP contribution >= 0.6 is 0 Å². The van der Waals surface area contributed by atoms with Crippen LogP contribution in [0.4, 0.5) is 18.0 Å². The van der Waals surface area contributed by atoms with Crippen LogP contribution in [0.3, 0.4) is 0 Å². The minimum absolute atomic E-state index is 0.0364. The lowest BCUT2D eigenvalue weighted by atomic mass is 10.2. The molecule has 1 aliphatic rings. The van der Waals surface area contributed by atoms with Gasteiger partial charge in [-0.3, -0.25) is 10.1 Å². The largest absolute Gasteiger partial charge is 0.335 e. The van der Waals surface area contributed by atoms with E-state index < -0.39 is 35.0 Å². The predicted molar refractivity (Wildman–Crippen MR) is 64.6 cm³/mol. The summed E-state index contributed by atoms with van der Waals surface area (Å²) in [7, 11) is 0. The molecule has 20 heavy (non-hydrogen) atoms. The Morgan fingerprint density at radius 1 is 1.05 bits per heavy atom. The Labute approximate surface area is 113 Å². The van der Waals surface area contributed by atoms with Gasteiger partial charge in [0.05, 0.1) is 0 Å². The molecule has 0 unspecified atom stereocenters. The van der Waals surface area contributed by atoms with E-state index in [2.05, 4.69) is 5.32 Å². The molecular weight excluding hydrogens is 273 g/mol. The monoisotopic (exact) mass is 286 g/mol. The average molecular weight is 286 g/mol. The van der Waals surface area contributed by atoms with Gasteiger partial charge in [0.25, 0.3) is 5.91 Å². The highest BCUT2D eigenvalue weighted by Crippen LogP contribution is 2.17. The van der Waals surface area contributed by atoms with Gasteiger partial charge in [-0.1, -0.05) is 12.8 Å². The fraction of sp³-hybridized carbons (Fsp3) is 0.385. The summed E-state index contributed by atoms with van der Waals surface area (Å²) in [6.45, 7) is 0. The van der Waals surface area contributed by atoms with E-state index >= 15 is 0 Å². The normalized spacial score (nSPS) is 15.2. The van der Waals surface area contributed by atoms with E-state index in [0.717, 1.165) is 25.7 Å². The molecule has 1 fully saturated rings. The molecule has 1 aliphatic carbocycles. The van der Waals surface area contributed by atoms with Gasteiger partial charge >= 0.3 is 6.03 Å². The molecule has 2 rings (SSSR count). The molecular formula is C13H13F3N2O2. The third-order valence-corrected chi connectivity index (χ3v) is 3.15. The van der Waals surface area contributed by atoms with Crippen molar-refractivity contribution in [2.75, 3.05) is 0 Å². The van der Waals surface area contributed by atoms with Gasteiger partial charge in [-0.05, 0) is 12.8 Å². The summed E-state index contributed by atoms with van der Waals surface area (Å²) in [6, 6.07) is -0.0875. The zero-order valence-electron chi connectivity index (χ0n) is 10.5. The fourth-order valence-electron chi connectivity index (χ4n) is 2.22. The van der Waals surface area contributed by atoms with E-state index in [-0.39, 0.29) is 6.04 Å². The van der Waals surface area contributed by atoms with E-state index in [1.165, 1.54) is 0 Å². The van der Waals surface area contributed by atoms with Gasteiger partial charge in [0, 0.05) is 18.2 Å². The molecule has 7 heteroatoms. The van der Waals surface area contributed by atoms with Crippen LogP contribution in [0.15, 0.2) is 12.1 Å². The van der Waals surface area contributed by atoms with E-state index in [9.17, 15) is 22.8 Å². The lowest BCUT2D eigenvalue weighted by Crippen LogP contribution is -2.44. The van der Waals surface area contributed by atoms with Crippen molar-refractivity contribution in [1.82, 2.24) is 10.6 Å². The molecule has 3 amide bonds. The van der Waals surface area contributed by atoms with Crippen LogP contribution in [0.25, 0.3) is 0 Å². The van der Waals surface area contributed by atoms with Crippen molar-refractivity contribution in [2.45, 2.75) is 31.7 Å². The molecule has 0 heterocycles. The minimum Gasteiger partial charge on any atom is -0.335 e. The molecule has 0 saturated heterocycles. The van der Waals surface area contributed by atoms with Crippen LogP contribution in [0, 0.1) is 17.5 Å². The highest BCUT2D eigenvalue weighted by atomic mass is 19.1. The summed E-state index contributed by atoms with van der Waals surface area (Å²) in [5, 5.41) is 4.37. The van der Waals surface area contributed by atoms with E-state index in [4.69, 9.17) is 0 Å². The van der Waals surface area contributed by atoms with Crippen molar-refractivity contribution in [3.63, 3.8) is 0 Å². The summed E-state index contributed by atoms with van der Waals surface area (Å²) in [4.78, 5) is 23.1. The summed E-state index contributed by atoms with van der Waals surface area (Å²) in [5.74, 6) is -5.08. The number of amides is 3. The number of hydrogen-bond donors (Lipinski definition) is 2. The quantitative estimate of drug-likeness (QED) is 0.877. The second-order valence-corrected chi connectivity index (χ2v) is 4.65. The SMILES string of the molecule is O=C(NC(=O)c1c(F)cc(F)cc1F)NC1CCCC1. The van der Waals surface area contributed by atoms with Crippen molar-refractivity contribution in [1.29, 1.82) is 0 Å². The Morgan fingerprint density at radius 3 is 2.15 bits per heavy atom. The molecule has 0 bridgehead atoms. The Morgan fingerprint density at radius 2 is 1.60 bits per heavy atom. The highest BCUT2D eigenvalue weighted by Gasteiger charge is 2.22. The van der Waals surface area contributed by atoms with Gasteiger partial charge in [-0.25, -0.2) is 18.0 Å². The van der Waals surface area contributed by atoms with Gasteiger partial charge in [-0.15, -0.1) is 0 Å². The van der Waals surface area contributed by atoms with E-state index in [1.807, 2.05) is 5.32 Å². The Hall–Kier alpha value is -2.05. The van der Waals surface area contributed by atoms with Gasteiger partial charge in [0.1, 0.15) is 23.0 Å². The summed E-state index contributed by atoms with van der Waals surface area (Å²) >= 11 is 0. The van der Waals surface area contributed by atoms with E-state index in [1.54, 1.807) is 0 Å². The van der Waals surface area contributed by atoms with Crippen LogP contribution < -0.4 is 10.6 Å². The van der Waals surface area contributed by atoms with Crippen LogP contribution in [0.1, 0.15) is 36.0 Å². The minimum atomic E-state index is -1.35. The van der Waals surface area contributed by atoms with Gasteiger partial charge in [-0.2, -0.15) is 0 Å². The van der Waals surface area contributed by atoms with Crippen LogP contribution in [0.2, 0.25) is 0 Å². The number of urea groups is 1. The molecule has 0 atom stereocenters. The predicted octanol–water partition coefficient (Wildman–Crippen LogP) is 2.49. The van der Waals surface area contributed by atoms with Crippen molar-refractivity contribution >= 4 is 11.9 Å². The summed E-state index contributed by atoms with van der Waals surface area (Å²) in [6.07, 6.45) is 3.59. The molecule has 1 saturated carbocycles. The maximum atomic E-state index is 13.3. The molecule has 0 radical (unpaired) electrons. The van der Waals surface area contributed by atoms with Crippen molar-refractivity contribution in [3.05, 3.63) is 35.1 Å². The lowest BCUT2D eigenvalue weighted by Gasteiger charge is -2.12. The van der Waals surface area contributed by atoms with Crippen molar-refractivity contribution < 1.29 is 22.8 Å². The second-order valence-electron chi connectivity index (χ2n) is 4.65. The highest BCUT2D eigenvalue weighted by molar-refractivity contribution is 6.04. The zero-order valence-corrected chi connectivity index (χ0v) is 10.5. The first-order chi connectivity index (χ1) is 9.47. The number of hydrogen-bond acceptors (Lipinski definition) is 2. The number of carbonyl (C=O) groups excluding carboxylic acids is 2. The third kappa shape index (κ3) is 3.28. The third-order valence-electron chi connectivity index (χ3n) is 3.15. The second kappa shape index (κ2) is 5.94. The number of benzene rings is 1. The number of nitrogens with one attached hydrogen (secondary N) is 2. The maximum Gasteiger partial charge on any atom is 0.321 e. The zero-order chi connectivity index (χ0) is 14.7. The fourth-order valence-corrected chi connectivity index (χ4v) is 2.22. The van der Waals surface area contributed by atoms with Gasteiger partial charge in [0.15, 0.2) is 0 Å². The molecule has 0 spiro atoms. The molecule has 108 valence electrons. The maximum absolute atomic E-state index is 13.3. The van der Waals surface area contributed by atoms with Crippen LogP contribution in [0.5, 0.6) is 0 Å². The Kier molecular flexibility index (Phi) is 4.26. The Balaban J connectivity index is 2.02. The molecule has 0 aliphatic heterocycles.